The van der Waals surface area contributed by atoms with E-state index < -0.39 is 16.1 Å². The normalized spacial score (nSPS) is 15.1. The smallest absolute Gasteiger partial charge is 0.240 e. The predicted molar refractivity (Wildman–Crippen MR) is 89.0 cm³/mol. The van der Waals surface area contributed by atoms with Crippen LogP contribution in [0.3, 0.4) is 0 Å². The van der Waals surface area contributed by atoms with E-state index >= 15 is 0 Å². The van der Waals surface area contributed by atoms with Crippen molar-refractivity contribution in [1.29, 1.82) is 0 Å². The summed E-state index contributed by atoms with van der Waals surface area (Å²) in [5, 5.41) is 10.7. The number of halogens is 1. The summed E-state index contributed by atoms with van der Waals surface area (Å²) in [6, 6.07) is 10.8. The van der Waals surface area contributed by atoms with Crippen molar-refractivity contribution in [1.82, 2.24) is 4.72 Å². The first-order valence-electron chi connectivity index (χ1n) is 7.28. The number of benzene rings is 2. The zero-order valence-corrected chi connectivity index (χ0v) is 14.2. The van der Waals surface area contributed by atoms with Crippen LogP contribution < -0.4 is 14.2 Å². The summed E-state index contributed by atoms with van der Waals surface area (Å²) in [4.78, 5) is 0.0845. The van der Waals surface area contributed by atoms with Crippen LogP contribution in [0.2, 0.25) is 5.02 Å². The minimum Gasteiger partial charge on any atom is -0.486 e. The molecule has 1 aliphatic heterocycles. The summed E-state index contributed by atoms with van der Waals surface area (Å²) >= 11 is 5.75. The predicted octanol–water partition coefficient (Wildman–Crippen LogP) is 2.12. The van der Waals surface area contributed by atoms with E-state index in [4.69, 9.17) is 21.1 Å². The third kappa shape index (κ3) is 3.81. The van der Waals surface area contributed by atoms with Gasteiger partial charge in [-0.2, -0.15) is 0 Å². The number of nitrogens with one attached hydrogen (secondary N) is 1. The molecule has 8 heteroatoms. The Morgan fingerprint density at radius 1 is 1.08 bits per heavy atom. The maximum absolute atomic E-state index is 12.2. The number of aliphatic hydroxyl groups excluding tert-OH is 1. The van der Waals surface area contributed by atoms with Gasteiger partial charge < -0.3 is 14.6 Å². The molecule has 2 aromatic carbocycles. The summed E-state index contributed by atoms with van der Waals surface area (Å²) in [5.41, 5.74) is 0.540. The molecule has 6 nitrogen and oxygen atoms in total. The molecule has 0 saturated heterocycles. The van der Waals surface area contributed by atoms with Crippen molar-refractivity contribution in [2.24, 2.45) is 0 Å². The van der Waals surface area contributed by atoms with Crippen LogP contribution in [0.5, 0.6) is 11.5 Å². The molecule has 1 atom stereocenters. The molecule has 0 aromatic heterocycles. The van der Waals surface area contributed by atoms with Gasteiger partial charge in [0.15, 0.2) is 11.5 Å². The Bertz CT molecular complexity index is 823. The van der Waals surface area contributed by atoms with Gasteiger partial charge in [0.25, 0.3) is 0 Å². The molecule has 0 radical (unpaired) electrons. The highest BCUT2D eigenvalue weighted by molar-refractivity contribution is 7.89. The first-order chi connectivity index (χ1) is 11.5. The van der Waals surface area contributed by atoms with Crippen LogP contribution in [0.1, 0.15) is 11.7 Å². The van der Waals surface area contributed by atoms with Crippen LogP contribution in [0.15, 0.2) is 47.4 Å². The fraction of sp³-hybridized carbons (Fsp3) is 0.250. The maximum Gasteiger partial charge on any atom is 0.240 e. The van der Waals surface area contributed by atoms with Gasteiger partial charge >= 0.3 is 0 Å². The van der Waals surface area contributed by atoms with Crippen molar-refractivity contribution >= 4 is 21.6 Å². The largest absolute Gasteiger partial charge is 0.486 e. The van der Waals surface area contributed by atoms with E-state index in [-0.39, 0.29) is 11.4 Å². The first kappa shape index (κ1) is 17.0. The minimum atomic E-state index is -3.72. The summed E-state index contributed by atoms with van der Waals surface area (Å²) in [6.07, 6.45) is -1.01. The summed E-state index contributed by atoms with van der Waals surface area (Å²) in [7, 11) is -3.72. The van der Waals surface area contributed by atoms with E-state index in [9.17, 15) is 13.5 Å². The number of sulfonamides is 1. The zero-order chi connectivity index (χ0) is 17.2. The molecular weight excluding hydrogens is 354 g/mol. The Kier molecular flexibility index (Phi) is 4.96. The molecule has 0 aliphatic carbocycles. The lowest BCUT2D eigenvalue weighted by Crippen LogP contribution is -2.28. The number of aliphatic hydroxyl groups is 1. The van der Waals surface area contributed by atoms with Gasteiger partial charge in [0.05, 0.1) is 11.0 Å². The monoisotopic (exact) mass is 369 g/mol. The minimum absolute atomic E-state index is 0.0845. The summed E-state index contributed by atoms with van der Waals surface area (Å²) < 4.78 is 37.6. The molecule has 2 aromatic rings. The maximum atomic E-state index is 12.2. The lowest BCUT2D eigenvalue weighted by molar-refractivity contribution is 0.165. The second-order valence-corrected chi connectivity index (χ2v) is 7.43. The van der Waals surface area contributed by atoms with Crippen LogP contribution in [-0.2, 0) is 10.0 Å². The molecule has 0 saturated carbocycles. The number of rotatable bonds is 5. The number of hydrogen-bond donors (Lipinski definition) is 2. The molecule has 2 N–H and O–H groups in total. The quantitative estimate of drug-likeness (QED) is 0.843. The number of fused-ring (bicyclic) bond motifs is 1. The number of ether oxygens (including phenoxy) is 2. The molecule has 128 valence electrons. The van der Waals surface area contributed by atoms with Crippen molar-refractivity contribution in [3.8, 4) is 11.5 Å². The van der Waals surface area contributed by atoms with Crippen molar-refractivity contribution in [3.05, 3.63) is 53.1 Å². The molecule has 1 aliphatic rings. The Morgan fingerprint density at radius 3 is 2.46 bits per heavy atom. The van der Waals surface area contributed by atoms with Crippen molar-refractivity contribution in [2.75, 3.05) is 19.8 Å². The molecular formula is C16H16ClNO5S. The Morgan fingerprint density at radius 2 is 1.75 bits per heavy atom. The van der Waals surface area contributed by atoms with Gasteiger partial charge in [0.1, 0.15) is 13.2 Å². The SMILES string of the molecule is O=S(=O)(NCC(O)c1ccc2c(c1)OCCO2)c1ccc(Cl)cc1. The van der Waals surface area contributed by atoms with Crippen LogP contribution in [-0.4, -0.2) is 33.3 Å². The van der Waals surface area contributed by atoms with E-state index in [0.29, 0.717) is 35.3 Å². The molecule has 0 spiro atoms. The third-order valence-electron chi connectivity index (χ3n) is 3.54. The third-order valence-corrected chi connectivity index (χ3v) is 5.23. The van der Waals surface area contributed by atoms with E-state index in [0.717, 1.165) is 0 Å². The van der Waals surface area contributed by atoms with Gasteiger partial charge in [-0.25, -0.2) is 13.1 Å². The lowest BCUT2D eigenvalue weighted by Gasteiger charge is -2.20. The highest BCUT2D eigenvalue weighted by Gasteiger charge is 2.19. The highest BCUT2D eigenvalue weighted by Crippen LogP contribution is 2.32. The van der Waals surface area contributed by atoms with Crippen LogP contribution in [0.25, 0.3) is 0 Å². The second-order valence-electron chi connectivity index (χ2n) is 5.22. The standard InChI is InChI=1S/C16H16ClNO5S/c17-12-2-4-13(5-3-12)24(20,21)18-10-14(19)11-1-6-15-16(9-11)23-8-7-22-15/h1-6,9,14,18-19H,7-8,10H2. The van der Waals surface area contributed by atoms with Crippen molar-refractivity contribution < 1.29 is 23.0 Å². The second kappa shape index (κ2) is 6.98. The molecule has 1 heterocycles. The average molecular weight is 370 g/mol. The van der Waals surface area contributed by atoms with Crippen molar-refractivity contribution in [3.63, 3.8) is 0 Å². The average Bonchev–Trinajstić information content (AvgIpc) is 2.59. The molecule has 1 unspecified atom stereocenters. The van der Waals surface area contributed by atoms with E-state index in [2.05, 4.69) is 4.72 Å². The molecule has 0 fully saturated rings. The molecule has 0 amide bonds. The van der Waals surface area contributed by atoms with Gasteiger partial charge in [0, 0.05) is 11.6 Å². The van der Waals surface area contributed by atoms with E-state index in [1.54, 1.807) is 18.2 Å². The van der Waals surface area contributed by atoms with Gasteiger partial charge in [-0.05, 0) is 42.0 Å². The van der Waals surface area contributed by atoms with E-state index in [1.165, 1.54) is 24.3 Å². The van der Waals surface area contributed by atoms with Gasteiger partial charge in [-0.1, -0.05) is 17.7 Å². The van der Waals surface area contributed by atoms with Gasteiger partial charge in [-0.15, -0.1) is 0 Å². The Labute approximate surface area is 145 Å². The lowest BCUT2D eigenvalue weighted by atomic mass is 10.1. The Hall–Kier alpha value is -1.80. The van der Waals surface area contributed by atoms with Crippen LogP contribution in [0, 0.1) is 0 Å². The Balaban J connectivity index is 1.68. The highest BCUT2D eigenvalue weighted by atomic mass is 35.5. The fourth-order valence-electron chi connectivity index (χ4n) is 2.27. The number of hydrogen-bond acceptors (Lipinski definition) is 5. The molecule has 3 rings (SSSR count). The van der Waals surface area contributed by atoms with Gasteiger partial charge in [0.2, 0.25) is 10.0 Å². The molecule has 24 heavy (non-hydrogen) atoms. The van der Waals surface area contributed by atoms with Crippen LogP contribution in [0.4, 0.5) is 0 Å². The molecule has 0 bridgehead atoms. The van der Waals surface area contributed by atoms with Crippen LogP contribution >= 0.6 is 11.6 Å². The zero-order valence-electron chi connectivity index (χ0n) is 12.6. The fourth-order valence-corrected chi connectivity index (χ4v) is 3.44. The van der Waals surface area contributed by atoms with E-state index in [1.807, 2.05) is 0 Å². The van der Waals surface area contributed by atoms with Crippen molar-refractivity contribution in [2.45, 2.75) is 11.0 Å². The summed E-state index contributed by atoms with van der Waals surface area (Å²) in [5.74, 6) is 1.15. The van der Waals surface area contributed by atoms with Gasteiger partial charge in [-0.3, -0.25) is 0 Å². The summed E-state index contributed by atoms with van der Waals surface area (Å²) in [6.45, 7) is 0.760. The topological polar surface area (TPSA) is 84.9 Å². The first-order valence-corrected chi connectivity index (χ1v) is 9.15.